The van der Waals surface area contributed by atoms with E-state index in [0.29, 0.717) is 46.2 Å². The average Bonchev–Trinajstić information content (AvgIpc) is 3.31. The van der Waals surface area contributed by atoms with Gasteiger partial charge in [0.1, 0.15) is 17.1 Å². The number of nitrogens with zero attached hydrogens (tertiary/aromatic N) is 3. The van der Waals surface area contributed by atoms with E-state index in [1.54, 1.807) is 31.5 Å². The fourth-order valence-electron chi connectivity index (χ4n) is 3.85. The van der Waals surface area contributed by atoms with Crippen LogP contribution in [0, 0.1) is 5.41 Å². The zero-order valence-electron chi connectivity index (χ0n) is 20.7. The third kappa shape index (κ3) is 4.60. The summed E-state index contributed by atoms with van der Waals surface area (Å²) in [4.78, 5) is 18.3. The first-order valence-corrected chi connectivity index (χ1v) is 11.7. The molecule has 5 aromatic rings. The number of hydrogen-bond donors (Lipinski definition) is 0. The van der Waals surface area contributed by atoms with Gasteiger partial charge >= 0.3 is 0 Å². The van der Waals surface area contributed by atoms with Gasteiger partial charge in [-0.25, -0.2) is 4.98 Å². The number of benzene rings is 3. The Hall–Kier alpha value is -4.39. The Labute approximate surface area is 208 Å². The van der Waals surface area contributed by atoms with Crippen molar-refractivity contribution in [3.8, 4) is 23.1 Å². The van der Waals surface area contributed by atoms with E-state index in [1.165, 1.54) is 4.68 Å². The predicted octanol–water partition coefficient (Wildman–Crippen LogP) is 6.13. The van der Waals surface area contributed by atoms with Gasteiger partial charge in [0, 0.05) is 5.56 Å². The van der Waals surface area contributed by atoms with Crippen LogP contribution in [0.5, 0.6) is 11.5 Å². The lowest BCUT2D eigenvalue weighted by atomic mass is 9.99. The standard InChI is InChI=1S/C29H27N3O4/c1-29(2,3)18-35-23-13-8-5-10-19(23)17-30-32-27(31-22-12-7-6-11-20(22)28(32)33)26-16-21-24(34-4)14-9-15-25(21)36-26/h5-17H,18H2,1-4H3. The lowest BCUT2D eigenvalue weighted by Crippen LogP contribution is -2.20. The summed E-state index contributed by atoms with van der Waals surface area (Å²) in [6.07, 6.45) is 1.61. The monoisotopic (exact) mass is 481 g/mol. The summed E-state index contributed by atoms with van der Waals surface area (Å²) in [5, 5.41) is 5.81. The second kappa shape index (κ2) is 9.34. The quantitative estimate of drug-likeness (QED) is 0.273. The summed E-state index contributed by atoms with van der Waals surface area (Å²) in [6.45, 7) is 6.87. The molecule has 0 aliphatic carbocycles. The van der Waals surface area contributed by atoms with E-state index in [1.807, 2.05) is 54.6 Å². The first-order valence-electron chi connectivity index (χ1n) is 11.7. The summed E-state index contributed by atoms with van der Waals surface area (Å²) in [5.74, 6) is 2.06. The fourth-order valence-corrected chi connectivity index (χ4v) is 3.85. The summed E-state index contributed by atoms with van der Waals surface area (Å²) in [5.41, 5.74) is 1.64. The molecule has 3 aromatic carbocycles. The number of fused-ring (bicyclic) bond motifs is 2. The van der Waals surface area contributed by atoms with Crippen LogP contribution in [0.2, 0.25) is 0 Å². The molecule has 182 valence electrons. The average molecular weight is 482 g/mol. The van der Waals surface area contributed by atoms with Crippen LogP contribution in [0.1, 0.15) is 26.3 Å². The van der Waals surface area contributed by atoms with Crippen molar-refractivity contribution in [3.63, 3.8) is 0 Å². The van der Waals surface area contributed by atoms with Crippen LogP contribution in [0.3, 0.4) is 0 Å². The highest BCUT2D eigenvalue weighted by molar-refractivity contribution is 5.89. The van der Waals surface area contributed by atoms with Crippen LogP contribution >= 0.6 is 0 Å². The van der Waals surface area contributed by atoms with Crippen LogP contribution < -0.4 is 15.0 Å². The zero-order valence-corrected chi connectivity index (χ0v) is 20.7. The van der Waals surface area contributed by atoms with Crippen molar-refractivity contribution in [2.45, 2.75) is 20.8 Å². The topological polar surface area (TPSA) is 78.9 Å². The van der Waals surface area contributed by atoms with Gasteiger partial charge in [0.15, 0.2) is 5.76 Å². The lowest BCUT2D eigenvalue weighted by molar-refractivity contribution is 0.197. The molecule has 0 bridgehead atoms. The maximum Gasteiger partial charge on any atom is 0.282 e. The molecule has 0 amide bonds. The molecule has 0 spiro atoms. The number of rotatable bonds is 6. The van der Waals surface area contributed by atoms with Crippen LogP contribution in [0.25, 0.3) is 33.5 Å². The lowest BCUT2D eigenvalue weighted by Gasteiger charge is -2.19. The summed E-state index contributed by atoms with van der Waals surface area (Å²) >= 11 is 0. The van der Waals surface area contributed by atoms with Crippen LogP contribution in [0.15, 0.2) is 87.1 Å². The minimum Gasteiger partial charge on any atom is -0.496 e. The maximum atomic E-state index is 13.5. The molecule has 0 atom stereocenters. The van der Waals surface area contributed by atoms with Crippen molar-refractivity contribution in [2.24, 2.45) is 10.5 Å². The Morgan fingerprint density at radius 3 is 2.53 bits per heavy atom. The van der Waals surface area contributed by atoms with Crippen molar-refractivity contribution in [2.75, 3.05) is 13.7 Å². The van der Waals surface area contributed by atoms with E-state index >= 15 is 0 Å². The van der Waals surface area contributed by atoms with Crippen LogP contribution in [-0.4, -0.2) is 29.6 Å². The molecule has 0 fully saturated rings. The summed E-state index contributed by atoms with van der Waals surface area (Å²) in [7, 11) is 1.61. The van der Waals surface area contributed by atoms with E-state index in [9.17, 15) is 4.79 Å². The second-order valence-corrected chi connectivity index (χ2v) is 9.68. The van der Waals surface area contributed by atoms with Crippen molar-refractivity contribution >= 4 is 28.1 Å². The van der Waals surface area contributed by atoms with E-state index in [4.69, 9.17) is 18.9 Å². The highest BCUT2D eigenvalue weighted by Gasteiger charge is 2.18. The number of hydrogen-bond acceptors (Lipinski definition) is 6. The molecular formula is C29H27N3O4. The van der Waals surface area contributed by atoms with Gasteiger partial charge < -0.3 is 13.9 Å². The fraction of sp³-hybridized carbons (Fsp3) is 0.207. The smallest absolute Gasteiger partial charge is 0.282 e. The molecule has 7 heteroatoms. The largest absolute Gasteiger partial charge is 0.496 e. The van der Waals surface area contributed by atoms with Gasteiger partial charge in [-0.15, -0.1) is 0 Å². The zero-order chi connectivity index (χ0) is 25.3. The summed E-state index contributed by atoms with van der Waals surface area (Å²) < 4.78 is 18.9. The van der Waals surface area contributed by atoms with Gasteiger partial charge in [-0.2, -0.15) is 9.78 Å². The van der Waals surface area contributed by atoms with Crippen LogP contribution in [-0.2, 0) is 0 Å². The molecule has 0 radical (unpaired) electrons. The first-order chi connectivity index (χ1) is 17.3. The molecule has 7 nitrogen and oxygen atoms in total. The molecule has 0 aliphatic rings. The Kier molecular flexibility index (Phi) is 6.06. The van der Waals surface area contributed by atoms with Crippen LogP contribution in [0.4, 0.5) is 0 Å². The molecule has 0 saturated heterocycles. The number of aromatic nitrogens is 2. The molecule has 0 N–H and O–H groups in total. The molecule has 0 aliphatic heterocycles. The predicted molar refractivity (Wildman–Crippen MR) is 142 cm³/mol. The van der Waals surface area contributed by atoms with E-state index in [0.717, 1.165) is 10.9 Å². The molecule has 2 aromatic heterocycles. The molecular weight excluding hydrogens is 454 g/mol. The SMILES string of the molecule is COc1cccc2oc(-c3nc4ccccc4c(=O)n3N=Cc3ccccc3OCC(C)(C)C)cc12. The van der Waals surface area contributed by atoms with E-state index < -0.39 is 0 Å². The molecule has 36 heavy (non-hydrogen) atoms. The summed E-state index contributed by atoms with van der Waals surface area (Å²) in [6, 6.07) is 22.2. The maximum absolute atomic E-state index is 13.5. The van der Waals surface area contributed by atoms with Crippen molar-refractivity contribution in [3.05, 3.63) is 88.7 Å². The van der Waals surface area contributed by atoms with Gasteiger partial charge in [-0.1, -0.05) is 51.1 Å². The number of methoxy groups -OCH3 is 1. The molecule has 5 rings (SSSR count). The normalized spacial score (nSPS) is 12.0. The number of ether oxygens (including phenoxy) is 2. The second-order valence-electron chi connectivity index (χ2n) is 9.68. The minimum absolute atomic E-state index is 0.00102. The minimum atomic E-state index is -0.299. The third-order valence-corrected chi connectivity index (χ3v) is 5.61. The Morgan fingerprint density at radius 2 is 1.72 bits per heavy atom. The number of para-hydroxylation sites is 2. The molecule has 0 unspecified atom stereocenters. The van der Waals surface area contributed by atoms with Crippen molar-refractivity contribution in [1.82, 2.24) is 9.66 Å². The van der Waals surface area contributed by atoms with E-state index in [-0.39, 0.29) is 11.0 Å². The Balaban J connectivity index is 1.65. The van der Waals surface area contributed by atoms with Gasteiger partial charge in [0.05, 0.1) is 36.2 Å². The Bertz CT molecular complexity index is 1640. The first kappa shape index (κ1) is 23.4. The van der Waals surface area contributed by atoms with Gasteiger partial charge in [-0.05, 0) is 47.9 Å². The molecule has 2 heterocycles. The van der Waals surface area contributed by atoms with Gasteiger partial charge in [-0.3, -0.25) is 4.79 Å². The van der Waals surface area contributed by atoms with Crippen molar-refractivity contribution in [1.29, 1.82) is 0 Å². The van der Waals surface area contributed by atoms with Gasteiger partial charge in [0.2, 0.25) is 5.82 Å². The molecule has 0 saturated carbocycles. The Morgan fingerprint density at radius 1 is 0.972 bits per heavy atom. The van der Waals surface area contributed by atoms with Crippen molar-refractivity contribution < 1.29 is 13.9 Å². The van der Waals surface area contributed by atoms with E-state index in [2.05, 4.69) is 25.9 Å². The third-order valence-electron chi connectivity index (χ3n) is 5.61. The van der Waals surface area contributed by atoms with Gasteiger partial charge in [0.25, 0.3) is 5.56 Å². The highest BCUT2D eigenvalue weighted by Crippen LogP contribution is 2.33. The highest BCUT2D eigenvalue weighted by atomic mass is 16.5. The number of furan rings is 1.